The Hall–Kier alpha value is -5.31. The molecule has 3 aromatic carbocycles. The second-order valence-corrected chi connectivity index (χ2v) is 19.4. The van der Waals surface area contributed by atoms with Crippen molar-refractivity contribution in [2.75, 3.05) is 33.5 Å². The van der Waals surface area contributed by atoms with E-state index in [1.54, 1.807) is 0 Å². The van der Waals surface area contributed by atoms with Crippen LogP contribution in [0.1, 0.15) is 133 Å². The van der Waals surface area contributed by atoms with E-state index >= 15 is 0 Å². The normalized spacial score (nSPS) is 22.3. The highest BCUT2D eigenvalue weighted by molar-refractivity contribution is 6.05. The van der Waals surface area contributed by atoms with Gasteiger partial charge in [0.15, 0.2) is 0 Å². The fourth-order valence-electron chi connectivity index (χ4n) is 11.0. The van der Waals surface area contributed by atoms with E-state index < -0.39 is 6.09 Å². The van der Waals surface area contributed by atoms with Crippen LogP contribution in [0.4, 0.5) is 4.79 Å². The van der Waals surface area contributed by atoms with Crippen molar-refractivity contribution < 1.29 is 28.6 Å². The molecule has 6 N–H and O–H groups in total. The average molecular weight is 903 g/mol. The molecule has 0 bridgehead atoms. The Kier molecular flexibility index (Phi) is 15.1. The highest BCUT2D eigenvalue weighted by atomic mass is 16.5. The summed E-state index contributed by atoms with van der Waals surface area (Å²) in [4.78, 5) is 58.4. The number of methoxy groups -OCH3 is 1. The van der Waals surface area contributed by atoms with Crippen molar-refractivity contribution in [3.05, 3.63) is 71.4 Å². The lowest BCUT2D eigenvalue weighted by Gasteiger charge is -2.30. The van der Waals surface area contributed by atoms with E-state index in [1.807, 2.05) is 20.0 Å². The molecule has 4 atom stereocenters. The number of aromatic nitrogens is 4. The number of benzene rings is 3. The predicted molar refractivity (Wildman–Crippen MR) is 257 cm³/mol. The van der Waals surface area contributed by atoms with Gasteiger partial charge in [-0.15, -0.1) is 0 Å². The molecule has 14 heteroatoms. The van der Waals surface area contributed by atoms with Crippen molar-refractivity contribution in [1.29, 1.82) is 0 Å². The van der Waals surface area contributed by atoms with Gasteiger partial charge in [0.05, 0.1) is 42.1 Å². The summed E-state index contributed by atoms with van der Waals surface area (Å²) in [7, 11) is 1.22. The van der Waals surface area contributed by atoms with Crippen LogP contribution in [0.15, 0.2) is 48.7 Å². The van der Waals surface area contributed by atoms with Gasteiger partial charge in [-0.2, -0.15) is 0 Å². The average Bonchev–Trinajstić information content (AvgIpc) is 4.17. The van der Waals surface area contributed by atoms with Crippen LogP contribution in [0.5, 0.6) is 0 Å². The zero-order chi connectivity index (χ0) is 46.5. The van der Waals surface area contributed by atoms with Gasteiger partial charge in [-0.3, -0.25) is 9.59 Å². The Morgan fingerprint density at radius 1 is 0.758 bits per heavy atom. The number of amides is 3. The van der Waals surface area contributed by atoms with E-state index in [-0.39, 0.29) is 36.0 Å². The number of hydrogen-bond donors (Lipinski definition) is 4. The second-order valence-electron chi connectivity index (χ2n) is 19.4. The number of nitrogens with zero attached hydrogens (tertiary/aromatic N) is 4. The highest BCUT2D eigenvalue weighted by Gasteiger charge is 2.39. The Morgan fingerprint density at radius 3 is 1.88 bits per heavy atom. The zero-order valence-electron chi connectivity index (χ0n) is 39.6. The maximum Gasteiger partial charge on any atom is 0.404 e. The first-order valence-corrected chi connectivity index (χ1v) is 24.4. The number of carbonyl (C=O) groups excluding carboxylic acids is 3. The number of hydrogen-bond acceptors (Lipinski definition) is 9. The minimum absolute atomic E-state index is 0.00613. The molecule has 2 aromatic heterocycles. The summed E-state index contributed by atoms with van der Waals surface area (Å²) in [5.74, 6) is 3.14. The molecule has 3 amide bonds. The first-order valence-electron chi connectivity index (χ1n) is 24.4. The van der Waals surface area contributed by atoms with Gasteiger partial charge in [0.25, 0.3) is 0 Å². The highest BCUT2D eigenvalue weighted by Crippen LogP contribution is 2.43. The predicted octanol–water partition coefficient (Wildman–Crippen LogP) is 9.06. The Labute approximate surface area is 388 Å². The van der Waals surface area contributed by atoms with E-state index in [0.717, 1.165) is 131 Å². The van der Waals surface area contributed by atoms with Crippen LogP contribution < -0.4 is 11.5 Å². The number of ether oxygens (including phenoxy) is 3. The smallest absolute Gasteiger partial charge is 0.404 e. The first-order chi connectivity index (χ1) is 31.9. The summed E-state index contributed by atoms with van der Waals surface area (Å²) in [5.41, 5.74) is 19.2. The Morgan fingerprint density at radius 2 is 1.30 bits per heavy atom. The molecule has 4 saturated heterocycles. The number of imidazole rings is 2. The molecule has 354 valence electrons. The number of nitrogens with one attached hydrogen (secondary N) is 2. The molecule has 4 fully saturated rings. The van der Waals surface area contributed by atoms with Crippen molar-refractivity contribution in [3.8, 4) is 22.4 Å². The maximum absolute atomic E-state index is 13.7. The van der Waals surface area contributed by atoms with Crippen LogP contribution in [0.2, 0.25) is 0 Å². The number of aromatic amines is 2. The van der Waals surface area contributed by atoms with Gasteiger partial charge >= 0.3 is 6.09 Å². The second kappa shape index (κ2) is 21.1. The van der Waals surface area contributed by atoms with E-state index in [4.69, 9.17) is 25.2 Å². The molecule has 1 aliphatic carbocycles. The molecule has 10 rings (SSSR count). The fourth-order valence-corrected chi connectivity index (χ4v) is 11.0. The van der Waals surface area contributed by atoms with Gasteiger partial charge in [-0.05, 0) is 142 Å². The molecule has 0 spiro atoms. The van der Waals surface area contributed by atoms with Gasteiger partial charge in [0, 0.05) is 62.3 Å². The van der Waals surface area contributed by atoms with Gasteiger partial charge < -0.3 is 45.4 Å². The van der Waals surface area contributed by atoms with Crippen LogP contribution in [0.25, 0.3) is 44.2 Å². The van der Waals surface area contributed by atoms with Crippen LogP contribution in [-0.4, -0.2) is 99.3 Å². The standard InChI is InChI=1S/C47H56N6O4.C3H9N.C2H5NO2/c1-28-6-14-41(52(28)43(54)24-30-16-20-56-21-17-30)46-48-27-40(50-46)38-12-11-34(36-4-3-5-37(36)38)32-8-10-35-33(26-32)9-13-39-45(35)51-47(49-39)42-15-7-29(2)53(42)44(55)25-31-18-22-57-23-19-31;1-3(2)4;1-5-2(3)4/h8-13,26-31,41-42H,3-7,14-25H2,1-2H3,(H,48,50)(H,49,51);3H,4H2,1-2H3;1H3,(H2,3,4). The number of H-pyrrole nitrogens is 2. The number of nitrogens with two attached hydrogens (primary N) is 2. The molecule has 0 radical (unpaired) electrons. The van der Waals surface area contributed by atoms with E-state index in [2.05, 4.69) is 86.6 Å². The lowest BCUT2D eigenvalue weighted by atomic mass is 9.91. The van der Waals surface area contributed by atoms with E-state index in [0.29, 0.717) is 30.7 Å². The molecular weight excluding hydrogens is 833 g/mol. The largest absolute Gasteiger partial charge is 0.453 e. The molecule has 14 nitrogen and oxygen atoms in total. The van der Waals surface area contributed by atoms with Crippen molar-refractivity contribution in [3.63, 3.8) is 0 Å². The Bertz CT molecular complexity index is 2480. The van der Waals surface area contributed by atoms with Crippen LogP contribution in [-0.2, 0) is 36.6 Å². The molecule has 0 saturated carbocycles. The molecule has 66 heavy (non-hydrogen) atoms. The third kappa shape index (κ3) is 10.5. The molecule has 4 aliphatic heterocycles. The monoisotopic (exact) mass is 903 g/mol. The summed E-state index contributed by atoms with van der Waals surface area (Å²) in [6.45, 7) is 11.3. The molecule has 5 aliphatic rings. The van der Waals surface area contributed by atoms with Crippen molar-refractivity contribution in [2.45, 2.75) is 141 Å². The summed E-state index contributed by atoms with van der Waals surface area (Å²) in [6.07, 6.45) is 13.4. The first kappa shape index (κ1) is 47.2. The van der Waals surface area contributed by atoms with Crippen LogP contribution >= 0.6 is 0 Å². The maximum atomic E-state index is 13.7. The lowest BCUT2D eigenvalue weighted by Crippen LogP contribution is -2.37. The third-order valence-electron chi connectivity index (χ3n) is 14.3. The molecule has 5 aromatic rings. The third-order valence-corrected chi connectivity index (χ3v) is 14.3. The summed E-state index contributed by atoms with van der Waals surface area (Å²) in [5, 5.41) is 2.30. The number of likely N-dealkylation sites (tertiary alicyclic amines) is 2. The zero-order valence-corrected chi connectivity index (χ0v) is 39.6. The van der Waals surface area contributed by atoms with Gasteiger partial charge in [0.2, 0.25) is 11.8 Å². The van der Waals surface area contributed by atoms with Gasteiger partial charge in [0.1, 0.15) is 11.6 Å². The fraction of sp³-hybridized carbons (Fsp3) is 0.558. The number of fused-ring (bicyclic) bond motifs is 4. The van der Waals surface area contributed by atoms with E-state index in [9.17, 15) is 14.4 Å². The molecule has 4 unspecified atom stereocenters. The number of carbonyl (C=O) groups is 3. The van der Waals surface area contributed by atoms with E-state index in [1.165, 1.54) is 40.3 Å². The molecular formula is C52H70N8O6. The van der Waals surface area contributed by atoms with Crippen molar-refractivity contribution >= 4 is 39.7 Å². The summed E-state index contributed by atoms with van der Waals surface area (Å²) < 4.78 is 15.0. The Balaban J connectivity index is 0.000000604. The van der Waals surface area contributed by atoms with Crippen molar-refractivity contribution in [1.82, 2.24) is 29.7 Å². The minimum atomic E-state index is -0.745. The summed E-state index contributed by atoms with van der Waals surface area (Å²) >= 11 is 0. The van der Waals surface area contributed by atoms with Gasteiger partial charge in [-0.1, -0.05) is 44.2 Å². The summed E-state index contributed by atoms with van der Waals surface area (Å²) in [6, 6.07) is 16.5. The minimum Gasteiger partial charge on any atom is -0.453 e. The lowest BCUT2D eigenvalue weighted by molar-refractivity contribution is -0.136. The topological polar surface area (TPSA) is 195 Å². The SMILES string of the molecule is CC(C)N.CC1CCC(c2ncc(-c3ccc(-c4ccc5c(ccc6[nH]c(C7CCC(C)N7C(=O)CC7CCOCC7)nc65)c4)c4c3CCC4)[nH]2)N1C(=O)CC1CCOCC1.COC(N)=O. The van der Waals surface area contributed by atoms with Crippen LogP contribution in [0, 0.1) is 11.8 Å². The number of primary amides is 1. The quantitative estimate of drug-likeness (QED) is 0.118. The van der Waals surface area contributed by atoms with Crippen LogP contribution in [0.3, 0.4) is 0 Å². The van der Waals surface area contributed by atoms with Gasteiger partial charge in [-0.25, -0.2) is 14.8 Å². The molecule has 6 heterocycles. The number of rotatable bonds is 8. The van der Waals surface area contributed by atoms with Crippen molar-refractivity contribution in [2.24, 2.45) is 23.3 Å².